The molecule has 3 rings (SSSR count). The molecule has 1 aromatic carbocycles. The van der Waals surface area contributed by atoms with Crippen LogP contribution in [0.25, 0.3) is 11.3 Å². The molecule has 0 unspecified atom stereocenters. The summed E-state index contributed by atoms with van der Waals surface area (Å²) in [4.78, 5) is 17.2. The molecule has 6 heteroatoms. The Morgan fingerprint density at radius 2 is 2.07 bits per heavy atom. The number of hydrogen-bond acceptors (Lipinski definition) is 5. The summed E-state index contributed by atoms with van der Waals surface area (Å²) in [6.45, 7) is 8.86. The number of amides is 1. The molecular formula is C24H35N3O3. The lowest BCUT2D eigenvalue weighted by atomic mass is 10.0. The summed E-state index contributed by atoms with van der Waals surface area (Å²) in [5.41, 5.74) is 2.82. The van der Waals surface area contributed by atoms with E-state index in [9.17, 15) is 4.79 Å². The third-order valence-electron chi connectivity index (χ3n) is 5.73. The largest absolute Gasteiger partial charge is 0.383 e. The highest BCUT2D eigenvalue weighted by Crippen LogP contribution is 2.35. The Labute approximate surface area is 180 Å². The Kier molecular flexibility index (Phi) is 7.91. The zero-order chi connectivity index (χ0) is 21.5. The number of carbonyl (C=O) groups excluding carboxylic acids is 1. The van der Waals surface area contributed by atoms with Gasteiger partial charge in [0.15, 0.2) is 0 Å². The van der Waals surface area contributed by atoms with E-state index in [0.29, 0.717) is 38.1 Å². The fourth-order valence-corrected chi connectivity index (χ4v) is 4.05. The van der Waals surface area contributed by atoms with Crippen molar-refractivity contribution in [2.45, 2.75) is 59.0 Å². The van der Waals surface area contributed by atoms with Crippen molar-refractivity contribution in [1.29, 1.82) is 0 Å². The smallest absolute Gasteiger partial charge is 0.233 e. The third-order valence-corrected chi connectivity index (χ3v) is 5.73. The minimum Gasteiger partial charge on any atom is -0.383 e. The van der Waals surface area contributed by atoms with E-state index in [1.165, 1.54) is 6.42 Å². The van der Waals surface area contributed by atoms with Crippen molar-refractivity contribution in [2.75, 3.05) is 31.7 Å². The number of aromatic nitrogens is 1. The van der Waals surface area contributed by atoms with Crippen LogP contribution in [0.2, 0.25) is 0 Å². The van der Waals surface area contributed by atoms with E-state index < -0.39 is 0 Å². The topological polar surface area (TPSA) is 58.8 Å². The lowest BCUT2D eigenvalue weighted by molar-refractivity contribution is -0.133. The van der Waals surface area contributed by atoms with Crippen molar-refractivity contribution in [3.63, 3.8) is 0 Å². The molecule has 1 saturated heterocycles. The van der Waals surface area contributed by atoms with Gasteiger partial charge in [-0.2, -0.15) is 0 Å². The van der Waals surface area contributed by atoms with Gasteiger partial charge >= 0.3 is 0 Å². The predicted molar refractivity (Wildman–Crippen MR) is 119 cm³/mol. The van der Waals surface area contributed by atoms with Crippen LogP contribution in [0.5, 0.6) is 0 Å². The van der Waals surface area contributed by atoms with Gasteiger partial charge in [-0.25, -0.2) is 0 Å². The first kappa shape index (κ1) is 22.3. The van der Waals surface area contributed by atoms with Gasteiger partial charge in [0.2, 0.25) is 11.8 Å². The molecule has 1 aliphatic heterocycles. The average Bonchev–Trinajstić information content (AvgIpc) is 3.14. The summed E-state index contributed by atoms with van der Waals surface area (Å²) in [7, 11) is 1.67. The monoisotopic (exact) mass is 413 g/mol. The molecule has 2 aromatic rings. The summed E-state index contributed by atoms with van der Waals surface area (Å²) in [5.74, 6) is 1.25. The molecule has 0 bridgehead atoms. The number of rotatable bonds is 9. The second kappa shape index (κ2) is 10.6. The number of hydrogen-bond donors (Lipinski definition) is 0. The van der Waals surface area contributed by atoms with Crippen molar-refractivity contribution >= 4 is 11.8 Å². The number of carbonyl (C=O) groups is 1. The van der Waals surface area contributed by atoms with Crippen LogP contribution in [0, 0.1) is 5.92 Å². The molecule has 0 saturated carbocycles. The summed E-state index contributed by atoms with van der Waals surface area (Å²) in [6.07, 6.45) is 4.04. The zero-order valence-corrected chi connectivity index (χ0v) is 18.8. The third kappa shape index (κ3) is 5.42. The highest BCUT2D eigenvalue weighted by Gasteiger charge is 2.29. The van der Waals surface area contributed by atoms with Crippen molar-refractivity contribution < 1.29 is 14.1 Å². The van der Waals surface area contributed by atoms with Gasteiger partial charge in [-0.1, -0.05) is 49.3 Å². The van der Waals surface area contributed by atoms with Crippen LogP contribution in [0.4, 0.5) is 5.88 Å². The molecule has 6 nitrogen and oxygen atoms in total. The molecule has 1 atom stereocenters. The minimum atomic E-state index is 0.139. The minimum absolute atomic E-state index is 0.139. The molecule has 0 aliphatic carbocycles. The first-order chi connectivity index (χ1) is 14.5. The van der Waals surface area contributed by atoms with Crippen LogP contribution in [-0.2, 0) is 16.1 Å². The highest BCUT2D eigenvalue weighted by molar-refractivity contribution is 5.77. The predicted octanol–water partition coefficient (Wildman–Crippen LogP) is 4.74. The van der Waals surface area contributed by atoms with E-state index in [4.69, 9.17) is 9.26 Å². The number of nitrogens with zero attached hydrogens (tertiary/aromatic N) is 3. The Balaban J connectivity index is 1.98. The van der Waals surface area contributed by atoms with Crippen LogP contribution >= 0.6 is 0 Å². The van der Waals surface area contributed by atoms with Crippen LogP contribution in [0.15, 0.2) is 34.9 Å². The van der Waals surface area contributed by atoms with E-state index in [1.54, 1.807) is 7.11 Å². The normalized spacial score (nSPS) is 16.8. The summed E-state index contributed by atoms with van der Waals surface area (Å²) in [5, 5.41) is 4.46. The van der Waals surface area contributed by atoms with Crippen LogP contribution in [0.1, 0.15) is 52.0 Å². The summed E-state index contributed by atoms with van der Waals surface area (Å²) in [6, 6.07) is 10.5. The van der Waals surface area contributed by atoms with Crippen molar-refractivity contribution in [2.24, 2.45) is 5.92 Å². The van der Waals surface area contributed by atoms with E-state index >= 15 is 0 Å². The second-order valence-corrected chi connectivity index (χ2v) is 8.63. The van der Waals surface area contributed by atoms with Crippen LogP contribution < -0.4 is 4.90 Å². The molecular weight excluding hydrogens is 378 g/mol. The molecule has 164 valence electrons. The Morgan fingerprint density at radius 3 is 2.73 bits per heavy atom. The molecule has 0 N–H and O–H groups in total. The lowest BCUT2D eigenvalue weighted by Gasteiger charge is -2.34. The number of benzene rings is 1. The molecule has 1 fully saturated rings. The Morgan fingerprint density at radius 1 is 1.30 bits per heavy atom. The van der Waals surface area contributed by atoms with Gasteiger partial charge in [0.25, 0.3) is 0 Å². The van der Waals surface area contributed by atoms with E-state index in [2.05, 4.69) is 30.8 Å². The first-order valence-electron chi connectivity index (χ1n) is 11.1. The number of methoxy groups -OCH3 is 1. The Hall–Kier alpha value is -2.34. The average molecular weight is 414 g/mol. The van der Waals surface area contributed by atoms with Gasteiger partial charge in [0, 0.05) is 38.2 Å². The van der Waals surface area contributed by atoms with Gasteiger partial charge in [-0.3, -0.25) is 4.79 Å². The van der Waals surface area contributed by atoms with Crippen molar-refractivity contribution in [3.8, 4) is 11.3 Å². The number of ether oxygens (including phenoxy) is 1. The van der Waals surface area contributed by atoms with Crippen LogP contribution in [0.3, 0.4) is 0 Å². The van der Waals surface area contributed by atoms with Gasteiger partial charge < -0.3 is 19.1 Å². The summed E-state index contributed by atoms with van der Waals surface area (Å²) < 4.78 is 11.2. The van der Waals surface area contributed by atoms with Crippen molar-refractivity contribution in [3.05, 3.63) is 35.9 Å². The maximum absolute atomic E-state index is 13.0. The second-order valence-electron chi connectivity index (χ2n) is 8.63. The van der Waals surface area contributed by atoms with E-state index in [-0.39, 0.29) is 5.91 Å². The summed E-state index contributed by atoms with van der Waals surface area (Å²) >= 11 is 0. The van der Waals surface area contributed by atoms with Gasteiger partial charge in [0.05, 0.1) is 18.7 Å². The molecule has 1 amide bonds. The van der Waals surface area contributed by atoms with E-state index in [0.717, 1.165) is 42.1 Å². The van der Waals surface area contributed by atoms with Gasteiger partial charge in [-0.15, -0.1) is 0 Å². The highest BCUT2D eigenvalue weighted by atomic mass is 16.5. The molecule has 2 heterocycles. The molecule has 1 aromatic heterocycles. The maximum Gasteiger partial charge on any atom is 0.233 e. The zero-order valence-electron chi connectivity index (χ0n) is 18.8. The maximum atomic E-state index is 13.0. The first-order valence-corrected chi connectivity index (χ1v) is 11.1. The number of piperidine rings is 1. The number of anilines is 1. The SMILES string of the molecule is COCCN(Cc1c(-c2ccccc2)noc1N1CCCC[C@H]1C)C(=O)CC(C)C. The Bertz CT molecular complexity index is 803. The van der Waals surface area contributed by atoms with Crippen molar-refractivity contribution in [1.82, 2.24) is 10.1 Å². The standard InChI is InChI=1S/C24H35N3O3/c1-18(2)16-22(28)26(14-15-29-4)17-21-23(20-11-6-5-7-12-20)25-30-24(21)27-13-9-8-10-19(27)3/h5-7,11-12,18-19H,8-10,13-17H2,1-4H3/t19-/m1/s1. The van der Waals surface area contributed by atoms with E-state index in [1.807, 2.05) is 35.2 Å². The molecule has 30 heavy (non-hydrogen) atoms. The molecule has 1 aliphatic rings. The quantitative estimate of drug-likeness (QED) is 0.594. The van der Waals surface area contributed by atoms with Gasteiger partial charge in [0.1, 0.15) is 5.69 Å². The molecule has 0 radical (unpaired) electrons. The van der Waals surface area contributed by atoms with Gasteiger partial charge in [-0.05, 0) is 32.1 Å². The van der Waals surface area contributed by atoms with Crippen LogP contribution in [-0.4, -0.2) is 48.8 Å². The fourth-order valence-electron chi connectivity index (χ4n) is 4.05. The lowest BCUT2D eigenvalue weighted by Crippen LogP contribution is -2.39. The molecule has 0 spiro atoms. The fraction of sp³-hybridized carbons (Fsp3) is 0.583.